The lowest BCUT2D eigenvalue weighted by molar-refractivity contribution is -0.115. The Labute approximate surface area is 136 Å². The average Bonchev–Trinajstić information content (AvgIpc) is 3.08. The summed E-state index contributed by atoms with van der Waals surface area (Å²) in [6, 6.07) is 12.1. The van der Waals surface area contributed by atoms with Crippen LogP contribution in [0.25, 0.3) is 10.8 Å². The lowest BCUT2D eigenvalue weighted by atomic mass is 10.1. The third-order valence-corrected chi connectivity index (χ3v) is 4.02. The molecule has 0 bridgehead atoms. The van der Waals surface area contributed by atoms with Gasteiger partial charge in [0, 0.05) is 22.0 Å². The molecule has 1 aromatic heterocycles. The van der Waals surface area contributed by atoms with E-state index < -0.39 is 0 Å². The van der Waals surface area contributed by atoms with Crippen LogP contribution in [-0.4, -0.2) is 23.5 Å². The van der Waals surface area contributed by atoms with Crippen LogP contribution < -0.4 is 10.6 Å². The Kier molecular flexibility index (Phi) is 4.25. The van der Waals surface area contributed by atoms with Crippen molar-refractivity contribution in [1.82, 2.24) is 5.32 Å². The minimum Gasteiger partial charge on any atom is -0.508 e. The normalized spacial score (nSPS) is 10.4. The number of nitrogens with one attached hydrogen (secondary N) is 2. The van der Waals surface area contributed by atoms with Crippen molar-refractivity contribution in [3.63, 3.8) is 0 Å². The number of amides is 2. The number of benzene rings is 2. The van der Waals surface area contributed by atoms with Crippen LogP contribution in [0, 0.1) is 0 Å². The zero-order valence-electron chi connectivity index (χ0n) is 12.1. The van der Waals surface area contributed by atoms with Crippen molar-refractivity contribution >= 4 is 39.6 Å². The first kappa shape index (κ1) is 15.1. The largest absolute Gasteiger partial charge is 0.508 e. The molecular formula is C17H14N2O3S. The van der Waals surface area contributed by atoms with E-state index in [9.17, 15) is 14.7 Å². The maximum atomic E-state index is 12.0. The number of fused-ring (bicyclic) bond motifs is 1. The molecule has 3 N–H and O–H groups in total. The first-order chi connectivity index (χ1) is 11.1. The number of phenolic OH excluding ortho intramolecular Hbond substituents is 1. The van der Waals surface area contributed by atoms with Crippen molar-refractivity contribution in [2.75, 3.05) is 11.9 Å². The lowest BCUT2D eigenvalue weighted by Crippen LogP contribution is -2.32. The first-order valence-corrected chi connectivity index (χ1v) is 7.90. The van der Waals surface area contributed by atoms with Crippen LogP contribution in [0.1, 0.15) is 10.4 Å². The summed E-state index contributed by atoms with van der Waals surface area (Å²) < 4.78 is 0. The highest BCUT2D eigenvalue weighted by Crippen LogP contribution is 2.26. The van der Waals surface area contributed by atoms with Crippen molar-refractivity contribution < 1.29 is 14.7 Å². The summed E-state index contributed by atoms with van der Waals surface area (Å²) in [6.07, 6.45) is 0. The van der Waals surface area contributed by atoms with Gasteiger partial charge >= 0.3 is 0 Å². The average molecular weight is 326 g/mol. The molecule has 0 unspecified atom stereocenters. The van der Waals surface area contributed by atoms with Crippen molar-refractivity contribution in [3.8, 4) is 5.75 Å². The molecule has 0 radical (unpaired) electrons. The van der Waals surface area contributed by atoms with Crippen LogP contribution in [0.2, 0.25) is 0 Å². The number of hydrogen-bond donors (Lipinski definition) is 3. The molecule has 6 heteroatoms. The second-order valence-electron chi connectivity index (χ2n) is 4.95. The Balaban J connectivity index is 1.68. The molecule has 3 rings (SSSR count). The fourth-order valence-corrected chi connectivity index (χ4v) is 2.86. The number of thiophene rings is 1. The number of hydrogen-bond acceptors (Lipinski definition) is 4. The third-order valence-electron chi connectivity index (χ3n) is 3.33. The SMILES string of the molecule is O=C(CNC(=O)c1ccsc1)Nc1cccc2ccc(O)cc12. The maximum absolute atomic E-state index is 12.0. The van der Waals surface area contributed by atoms with Crippen LogP contribution in [0.4, 0.5) is 5.69 Å². The van der Waals surface area contributed by atoms with Gasteiger partial charge in [0.15, 0.2) is 0 Å². The first-order valence-electron chi connectivity index (χ1n) is 6.95. The van der Waals surface area contributed by atoms with Gasteiger partial charge in [-0.05, 0) is 35.0 Å². The molecule has 23 heavy (non-hydrogen) atoms. The van der Waals surface area contributed by atoms with E-state index in [-0.39, 0.29) is 24.1 Å². The standard InChI is InChI=1S/C17H14N2O3S/c20-13-5-4-11-2-1-3-15(14(11)8-13)19-16(21)9-18-17(22)12-6-7-23-10-12/h1-8,10,20H,9H2,(H,18,22)(H,19,21). The highest BCUT2D eigenvalue weighted by Gasteiger charge is 2.10. The Morgan fingerprint density at radius 3 is 2.78 bits per heavy atom. The smallest absolute Gasteiger partial charge is 0.252 e. The quantitative estimate of drug-likeness (QED) is 0.690. The zero-order chi connectivity index (χ0) is 16.2. The molecule has 0 saturated carbocycles. The van der Waals surface area contributed by atoms with Gasteiger partial charge in [-0.25, -0.2) is 0 Å². The third kappa shape index (κ3) is 3.49. The Morgan fingerprint density at radius 2 is 2.00 bits per heavy atom. The summed E-state index contributed by atoms with van der Waals surface area (Å²) in [5.41, 5.74) is 1.13. The van der Waals surface area contributed by atoms with Crippen molar-refractivity contribution in [3.05, 3.63) is 58.8 Å². The molecule has 5 nitrogen and oxygen atoms in total. The van der Waals surface area contributed by atoms with E-state index in [4.69, 9.17) is 0 Å². The second-order valence-corrected chi connectivity index (χ2v) is 5.73. The molecule has 0 aliphatic heterocycles. The summed E-state index contributed by atoms with van der Waals surface area (Å²) >= 11 is 1.42. The van der Waals surface area contributed by atoms with E-state index in [1.807, 2.05) is 12.1 Å². The van der Waals surface area contributed by atoms with E-state index in [1.54, 1.807) is 41.1 Å². The fourth-order valence-electron chi connectivity index (χ4n) is 2.22. The molecule has 0 saturated heterocycles. The summed E-state index contributed by atoms with van der Waals surface area (Å²) in [6.45, 7) is -0.121. The number of phenols is 1. The summed E-state index contributed by atoms with van der Waals surface area (Å²) in [5, 5.41) is 20.1. The van der Waals surface area contributed by atoms with Gasteiger partial charge in [0.2, 0.25) is 5.91 Å². The van der Waals surface area contributed by atoms with E-state index >= 15 is 0 Å². The Hall–Kier alpha value is -2.86. The number of aromatic hydroxyl groups is 1. The molecule has 0 atom stereocenters. The predicted molar refractivity (Wildman–Crippen MR) is 90.9 cm³/mol. The minimum atomic E-state index is -0.329. The molecule has 1 heterocycles. The van der Waals surface area contributed by atoms with Crippen LogP contribution in [0.3, 0.4) is 0 Å². The second kappa shape index (κ2) is 6.50. The van der Waals surface area contributed by atoms with Gasteiger partial charge in [0.1, 0.15) is 5.75 Å². The van der Waals surface area contributed by atoms with Gasteiger partial charge < -0.3 is 15.7 Å². The van der Waals surface area contributed by atoms with E-state index in [0.717, 1.165) is 10.8 Å². The lowest BCUT2D eigenvalue weighted by Gasteiger charge is -2.09. The molecule has 3 aromatic rings. The summed E-state index contributed by atoms with van der Waals surface area (Å²) in [7, 11) is 0. The number of anilines is 1. The summed E-state index contributed by atoms with van der Waals surface area (Å²) in [5.74, 6) is -0.480. The molecular weight excluding hydrogens is 312 g/mol. The van der Waals surface area contributed by atoms with Crippen LogP contribution in [0.5, 0.6) is 5.75 Å². The number of rotatable bonds is 4. The van der Waals surface area contributed by atoms with Gasteiger partial charge in [-0.1, -0.05) is 18.2 Å². The Bertz CT molecular complexity index is 859. The highest BCUT2D eigenvalue weighted by atomic mass is 32.1. The van der Waals surface area contributed by atoms with Crippen LogP contribution >= 0.6 is 11.3 Å². The molecule has 2 amide bonds. The van der Waals surface area contributed by atoms with Gasteiger partial charge in [0.25, 0.3) is 5.91 Å². The van der Waals surface area contributed by atoms with Crippen LogP contribution in [-0.2, 0) is 4.79 Å². The van der Waals surface area contributed by atoms with Crippen molar-refractivity contribution in [2.24, 2.45) is 0 Å². The molecule has 0 aliphatic carbocycles. The fraction of sp³-hybridized carbons (Fsp3) is 0.0588. The molecule has 0 fully saturated rings. The monoisotopic (exact) mass is 326 g/mol. The van der Waals surface area contributed by atoms with E-state index in [1.165, 1.54) is 11.3 Å². The van der Waals surface area contributed by atoms with Gasteiger partial charge in [-0.15, -0.1) is 0 Å². The highest BCUT2D eigenvalue weighted by molar-refractivity contribution is 7.08. The zero-order valence-corrected chi connectivity index (χ0v) is 12.9. The van der Waals surface area contributed by atoms with Crippen LogP contribution in [0.15, 0.2) is 53.2 Å². The maximum Gasteiger partial charge on any atom is 0.252 e. The minimum absolute atomic E-state index is 0.121. The predicted octanol–water partition coefficient (Wildman–Crippen LogP) is 2.98. The molecule has 0 aliphatic rings. The van der Waals surface area contributed by atoms with E-state index in [2.05, 4.69) is 10.6 Å². The molecule has 116 valence electrons. The summed E-state index contributed by atoms with van der Waals surface area (Å²) in [4.78, 5) is 23.8. The molecule has 2 aromatic carbocycles. The van der Waals surface area contributed by atoms with Crippen molar-refractivity contribution in [1.29, 1.82) is 0 Å². The van der Waals surface area contributed by atoms with E-state index in [0.29, 0.717) is 11.3 Å². The number of carbonyl (C=O) groups is 2. The van der Waals surface area contributed by atoms with Gasteiger partial charge in [-0.2, -0.15) is 11.3 Å². The Morgan fingerprint density at radius 1 is 1.13 bits per heavy atom. The van der Waals surface area contributed by atoms with Gasteiger partial charge in [0.05, 0.1) is 6.54 Å². The van der Waals surface area contributed by atoms with Crippen molar-refractivity contribution in [2.45, 2.75) is 0 Å². The topological polar surface area (TPSA) is 78.4 Å². The van der Waals surface area contributed by atoms with Gasteiger partial charge in [-0.3, -0.25) is 9.59 Å². The number of carbonyl (C=O) groups excluding carboxylic acids is 2. The molecule has 0 spiro atoms.